The van der Waals surface area contributed by atoms with Gasteiger partial charge in [-0.05, 0) is 19.3 Å². The maximum Gasteiger partial charge on any atom is 0.149 e. The summed E-state index contributed by atoms with van der Waals surface area (Å²) in [6.07, 6.45) is 3.73. The molecule has 0 saturated heterocycles. The average molecular weight is 307 g/mol. The van der Waals surface area contributed by atoms with E-state index < -0.39 is 9.84 Å². The molecule has 0 bridgehead atoms. The smallest absolute Gasteiger partial charge is 0.149 e. The van der Waals surface area contributed by atoms with Crippen LogP contribution in [0, 0.1) is 0 Å². The van der Waals surface area contributed by atoms with Gasteiger partial charge < -0.3 is 0 Å². The summed E-state index contributed by atoms with van der Waals surface area (Å²) < 4.78 is 24.4. The van der Waals surface area contributed by atoms with Crippen molar-refractivity contribution in [1.29, 1.82) is 0 Å². The maximum absolute atomic E-state index is 11.3. The number of halogens is 1. The predicted molar refractivity (Wildman–Crippen MR) is 79.6 cm³/mol. The highest BCUT2D eigenvalue weighted by molar-refractivity contribution is 7.90. The van der Waals surface area contributed by atoms with Gasteiger partial charge >= 0.3 is 0 Å². The first-order chi connectivity index (χ1) is 8.84. The lowest BCUT2D eigenvalue weighted by atomic mass is 10.0. The molecule has 1 aromatic rings. The molecule has 0 fully saturated rings. The molecule has 1 heterocycles. The van der Waals surface area contributed by atoms with E-state index in [4.69, 9.17) is 11.6 Å². The first-order valence-electron chi connectivity index (χ1n) is 6.74. The normalized spacial score (nSPS) is 13.7. The Labute approximate surface area is 121 Å². The molecule has 0 spiro atoms. The lowest BCUT2D eigenvalue weighted by Gasteiger charge is -2.10. The molecular weight excluding hydrogens is 284 g/mol. The van der Waals surface area contributed by atoms with Crippen molar-refractivity contribution in [2.45, 2.75) is 52.0 Å². The summed E-state index contributed by atoms with van der Waals surface area (Å²) in [5, 5.41) is 4.49. The van der Waals surface area contributed by atoms with Crippen LogP contribution < -0.4 is 0 Å². The van der Waals surface area contributed by atoms with Crippen LogP contribution in [0.2, 0.25) is 0 Å². The number of hydrogen-bond donors (Lipinski definition) is 0. The Bertz CT molecular complexity index is 523. The van der Waals surface area contributed by atoms with Gasteiger partial charge in [-0.3, -0.25) is 4.68 Å². The van der Waals surface area contributed by atoms with Gasteiger partial charge in [-0.25, -0.2) is 8.42 Å². The summed E-state index contributed by atoms with van der Waals surface area (Å²) in [5.41, 5.74) is 3.16. The van der Waals surface area contributed by atoms with Gasteiger partial charge in [-0.1, -0.05) is 20.8 Å². The zero-order valence-electron chi connectivity index (χ0n) is 12.1. The molecule has 1 aromatic heterocycles. The molecule has 110 valence electrons. The summed E-state index contributed by atoms with van der Waals surface area (Å²) in [5.74, 6) is 0.114. The van der Waals surface area contributed by atoms with Crippen molar-refractivity contribution in [3.05, 3.63) is 17.0 Å². The summed E-state index contributed by atoms with van der Waals surface area (Å²) >= 11 is 6.39. The number of nitrogens with zero attached hydrogens (tertiary/aromatic N) is 2. The average Bonchev–Trinajstić information content (AvgIpc) is 2.72. The molecule has 1 atom stereocenters. The zero-order chi connectivity index (χ0) is 14.6. The Morgan fingerprint density at radius 1 is 1.26 bits per heavy atom. The number of rotatable bonds is 7. The van der Waals surface area contributed by atoms with Gasteiger partial charge in [0, 0.05) is 17.5 Å². The largest absolute Gasteiger partial charge is 0.268 e. The maximum atomic E-state index is 11.3. The third-order valence-corrected chi connectivity index (χ3v) is 4.64. The van der Waals surface area contributed by atoms with Crippen molar-refractivity contribution in [3.8, 4) is 0 Å². The van der Waals surface area contributed by atoms with Crippen LogP contribution in [0.25, 0.3) is 0 Å². The van der Waals surface area contributed by atoms with E-state index >= 15 is 0 Å². The van der Waals surface area contributed by atoms with Gasteiger partial charge in [0.1, 0.15) is 9.84 Å². The number of aryl methyl sites for hydroxylation is 2. The van der Waals surface area contributed by atoms with E-state index in [1.165, 1.54) is 6.26 Å². The van der Waals surface area contributed by atoms with Crippen molar-refractivity contribution in [3.63, 3.8) is 0 Å². The Hall–Kier alpha value is -0.550. The highest BCUT2D eigenvalue weighted by Crippen LogP contribution is 2.31. The number of aromatic nitrogens is 2. The Morgan fingerprint density at radius 2 is 1.89 bits per heavy atom. The van der Waals surface area contributed by atoms with Crippen molar-refractivity contribution >= 4 is 21.4 Å². The molecule has 4 nitrogen and oxygen atoms in total. The molecule has 0 saturated carbocycles. The second-order valence-corrected chi connectivity index (χ2v) is 7.53. The van der Waals surface area contributed by atoms with Crippen LogP contribution >= 0.6 is 11.6 Å². The van der Waals surface area contributed by atoms with Crippen molar-refractivity contribution in [2.24, 2.45) is 0 Å². The second kappa shape index (κ2) is 6.75. The summed E-state index contributed by atoms with van der Waals surface area (Å²) in [7, 11) is -2.98. The summed E-state index contributed by atoms with van der Waals surface area (Å²) in [4.78, 5) is 0. The molecule has 0 amide bonds. The number of alkyl halides is 1. The molecule has 19 heavy (non-hydrogen) atoms. The van der Waals surface area contributed by atoms with Crippen molar-refractivity contribution in [1.82, 2.24) is 9.78 Å². The van der Waals surface area contributed by atoms with E-state index in [9.17, 15) is 8.42 Å². The summed E-state index contributed by atoms with van der Waals surface area (Å²) in [6.45, 7) is 6.55. The molecule has 1 rings (SSSR count). The lowest BCUT2D eigenvalue weighted by Crippen LogP contribution is -2.14. The summed E-state index contributed by atoms with van der Waals surface area (Å²) in [6, 6.07) is 0. The first-order valence-corrected chi connectivity index (χ1v) is 9.23. The minimum Gasteiger partial charge on any atom is -0.268 e. The van der Waals surface area contributed by atoms with Crippen LogP contribution in [-0.4, -0.2) is 30.2 Å². The SMILES string of the molecule is CCc1nn(CCS(C)(=O)=O)c(CC)c1C(Cl)CC. The molecule has 0 aliphatic rings. The van der Waals surface area contributed by atoms with Crippen LogP contribution in [-0.2, 0) is 29.2 Å². The molecular formula is C13H23ClN2O2S. The van der Waals surface area contributed by atoms with Gasteiger partial charge in [0.2, 0.25) is 0 Å². The topological polar surface area (TPSA) is 52.0 Å². The van der Waals surface area contributed by atoms with Crippen molar-refractivity contribution < 1.29 is 8.42 Å². The molecule has 0 aromatic carbocycles. The van der Waals surface area contributed by atoms with Crippen LogP contribution in [0.3, 0.4) is 0 Å². The fraction of sp³-hybridized carbons (Fsp3) is 0.769. The third-order valence-electron chi connectivity index (χ3n) is 3.19. The highest BCUT2D eigenvalue weighted by Gasteiger charge is 2.21. The van der Waals surface area contributed by atoms with Gasteiger partial charge in [0.05, 0.1) is 23.4 Å². The molecule has 1 unspecified atom stereocenters. The Kier molecular flexibility index (Phi) is 5.86. The van der Waals surface area contributed by atoms with E-state index in [0.29, 0.717) is 6.54 Å². The van der Waals surface area contributed by atoms with Gasteiger partial charge in [0.15, 0.2) is 0 Å². The zero-order valence-corrected chi connectivity index (χ0v) is 13.7. The Morgan fingerprint density at radius 3 is 2.32 bits per heavy atom. The van der Waals surface area contributed by atoms with E-state index in [-0.39, 0.29) is 11.1 Å². The van der Waals surface area contributed by atoms with Gasteiger partial charge in [-0.2, -0.15) is 5.10 Å². The second-order valence-electron chi connectivity index (χ2n) is 4.74. The Balaban J connectivity index is 3.15. The minimum absolute atomic E-state index is 0.0446. The third kappa shape index (κ3) is 4.21. The standard InChI is InChI=1S/C13H23ClN2O2S/c1-5-10(14)13-11(6-2)15-16(12(13)7-3)8-9-19(4,17)18/h10H,5-9H2,1-4H3. The molecule has 0 N–H and O–H groups in total. The van der Waals surface area contributed by atoms with E-state index in [1.807, 2.05) is 18.5 Å². The highest BCUT2D eigenvalue weighted by atomic mass is 35.5. The van der Waals surface area contributed by atoms with E-state index in [2.05, 4.69) is 12.0 Å². The first kappa shape index (κ1) is 16.5. The molecule has 6 heteroatoms. The molecule has 0 radical (unpaired) electrons. The number of sulfone groups is 1. The van der Waals surface area contributed by atoms with Crippen molar-refractivity contribution in [2.75, 3.05) is 12.0 Å². The van der Waals surface area contributed by atoms with Crippen LogP contribution in [0.15, 0.2) is 0 Å². The number of hydrogen-bond acceptors (Lipinski definition) is 3. The molecule has 0 aliphatic carbocycles. The predicted octanol–water partition coefficient (Wildman–Crippen LogP) is 2.74. The van der Waals surface area contributed by atoms with Gasteiger partial charge in [0.25, 0.3) is 0 Å². The fourth-order valence-corrected chi connectivity index (χ4v) is 2.96. The monoisotopic (exact) mass is 306 g/mol. The quantitative estimate of drug-likeness (QED) is 0.728. The fourth-order valence-electron chi connectivity index (χ4n) is 2.20. The molecule has 0 aliphatic heterocycles. The van der Waals surface area contributed by atoms with Crippen LogP contribution in [0.1, 0.15) is 49.5 Å². The lowest BCUT2D eigenvalue weighted by molar-refractivity contribution is 0.576. The van der Waals surface area contributed by atoms with E-state index in [1.54, 1.807) is 0 Å². The minimum atomic E-state index is -2.98. The van der Waals surface area contributed by atoms with Crippen LogP contribution in [0.4, 0.5) is 0 Å². The van der Waals surface area contributed by atoms with Gasteiger partial charge in [-0.15, -0.1) is 11.6 Å². The van der Waals surface area contributed by atoms with Crippen LogP contribution in [0.5, 0.6) is 0 Å². The van der Waals surface area contributed by atoms with E-state index in [0.717, 1.165) is 36.2 Å².